The molecule has 0 spiro atoms. The van der Waals surface area contributed by atoms with Gasteiger partial charge < -0.3 is 10.1 Å². The average molecular weight is 374 g/mol. The number of esters is 1. The van der Waals surface area contributed by atoms with Crippen LogP contribution in [0.3, 0.4) is 0 Å². The molecular formula is C14H11BrClFN2O2. The van der Waals surface area contributed by atoms with Crippen LogP contribution in [0.1, 0.15) is 16.1 Å². The van der Waals surface area contributed by atoms with Gasteiger partial charge in [0.25, 0.3) is 0 Å². The van der Waals surface area contributed by atoms with E-state index in [4.69, 9.17) is 11.6 Å². The van der Waals surface area contributed by atoms with Gasteiger partial charge in [0.2, 0.25) is 0 Å². The van der Waals surface area contributed by atoms with Crippen molar-refractivity contribution in [3.63, 3.8) is 0 Å². The summed E-state index contributed by atoms with van der Waals surface area (Å²) in [5, 5.41) is 3.33. The second-order valence-electron chi connectivity index (χ2n) is 4.13. The Bertz CT molecular complexity index is 642. The lowest BCUT2D eigenvalue weighted by Gasteiger charge is -2.10. The van der Waals surface area contributed by atoms with Crippen molar-refractivity contribution in [1.82, 2.24) is 4.98 Å². The van der Waals surface area contributed by atoms with Gasteiger partial charge in [-0.2, -0.15) is 0 Å². The van der Waals surface area contributed by atoms with E-state index in [1.54, 1.807) is 12.1 Å². The van der Waals surface area contributed by atoms with Gasteiger partial charge in [-0.05, 0) is 40.2 Å². The maximum absolute atomic E-state index is 13.1. The lowest BCUT2D eigenvalue weighted by Crippen LogP contribution is -2.06. The summed E-state index contributed by atoms with van der Waals surface area (Å²) < 4.78 is 18.2. The number of pyridine rings is 1. The predicted octanol–water partition coefficient (Wildman–Crippen LogP) is 4.04. The Kier molecular flexibility index (Phi) is 5.14. The molecule has 0 atom stereocenters. The number of hydrogen-bond donors (Lipinski definition) is 1. The van der Waals surface area contributed by atoms with Crippen LogP contribution in [0.25, 0.3) is 0 Å². The minimum absolute atomic E-state index is 0.271. The van der Waals surface area contributed by atoms with E-state index < -0.39 is 11.8 Å². The first-order valence-electron chi connectivity index (χ1n) is 5.93. The van der Waals surface area contributed by atoms with Gasteiger partial charge in [0.05, 0.1) is 35.6 Å². The second-order valence-corrected chi connectivity index (χ2v) is 5.39. The number of nitrogens with one attached hydrogen (secondary N) is 1. The molecule has 0 aliphatic carbocycles. The zero-order valence-corrected chi connectivity index (χ0v) is 13.3. The van der Waals surface area contributed by atoms with E-state index in [0.717, 1.165) is 0 Å². The summed E-state index contributed by atoms with van der Waals surface area (Å²) in [5.41, 5.74) is 1.66. The number of hydrogen-bond acceptors (Lipinski definition) is 4. The number of carbonyl (C=O) groups excluding carboxylic acids is 1. The highest BCUT2D eigenvalue weighted by Crippen LogP contribution is 2.31. The second kappa shape index (κ2) is 6.87. The number of halogens is 3. The molecule has 0 aliphatic heterocycles. The maximum atomic E-state index is 13.1. The summed E-state index contributed by atoms with van der Waals surface area (Å²) in [6, 6.07) is 5.87. The minimum atomic E-state index is -0.439. The van der Waals surface area contributed by atoms with Crippen molar-refractivity contribution in [2.24, 2.45) is 0 Å². The van der Waals surface area contributed by atoms with Crippen LogP contribution >= 0.6 is 27.5 Å². The van der Waals surface area contributed by atoms with E-state index in [1.807, 2.05) is 0 Å². The van der Waals surface area contributed by atoms with Gasteiger partial charge in [0, 0.05) is 10.7 Å². The first-order chi connectivity index (χ1) is 10.0. The van der Waals surface area contributed by atoms with Gasteiger partial charge in [-0.1, -0.05) is 11.6 Å². The molecule has 0 saturated carbocycles. The third-order valence-electron chi connectivity index (χ3n) is 2.70. The number of ether oxygens (including phenoxy) is 1. The van der Waals surface area contributed by atoms with Crippen molar-refractivity contribution in [3.05, 3.63) is 57.0 Å². The number of anilines is 1. The lowest BCUT2D eigenvalue weighted by atomic mass is 10.2. The van der Waals surface area contributed by atoms with Crippen molar-refractivity contribution < 1.29 is 13.9 Å². The summed E-state index contributed by atoms with van der Waals surface area (Å²) in [6.45, 7) is 0.380. The highest BCUT2D eigenvalue weighted by atomic mass is 79.9. The summed E-state index contributed by atoms with van der Waals surface area (Å²) in [5.74, 6) is -0.857. The fourth-order valence-electron chi connectivity index (χ4n) is 1.66. The molecule has 0 amide bonds. The molecule has 0 unspecified atom stereocenters. The summed E-state index contributed by atoms with van der Waals surface area (Å²) in [4.78, 5) is 15.4. The van der Waals surface area contributed by atoms with Crippen LogP contribution in [-0.4, -0.2) is 18.1 Å². The smallest absolute Gasteiger partial charge is 0.339 e. The van der Waals surface area contributed by atoms with Gasteiger partial charge in [-0.3, -0.25) is 4.98 Å². The van der Waals surface area contributed by atoms with Gasteiger partial charge in [0.15, 0.2) is 0 Å². The molecule has 0 radical (unpaired) electrons. The highest BCUT2D eigenvalue weighted by Gasteiger charge is 2.09. The summed E-state index contributed by atoms with van der Waals surface area (Å²) in [7, 11) is 1.31. The molecular weight excluding hydrogens is 363 g/mol. The maximum Gasteiger partial charge on any atom is 0.339 e. The van der Waals surface area contributed by atoms with Crippen molar-refractivity contribution in [2.75, 3.05) is 12.4 Å². The Hall–Kier alpha value is -1.66. The van der Waals surface area contributed by atoms with Crippen molar-refractivity contribution in [2.45, 2.75) is 6.54 Å². The molecule has 0 aliphatic rings. The van der Waals surface area contributed by atoms with E-state index in [1.165, 1.54) is 25.4 Å². The van der Waals surface area contributed by atoms with E-state index in [-0.39, 0.29) is 5.02 Å². The Morgan fingerprint density at radius 3 is 2.81 bits per heavy atom. The largest absolute Gasteiger partial charge is 0.465 e. The number of aromatic nitrogens is 1. The molecule has 0 bridgehead atoms. The molecule has 110 valence electrons. The molecule has 7 heteroatoms. The van der Waals surface area contributed by atoms with Gasteiger partial charge in [-0.15, -0.1) is 0 Å². The first-order valence-corrected chi connectivity index (χ1v) is 7.10. The van der Waals surface area contributed by atoms with Crippen LogP contribution in [0.5, 0.6) is 0 Å². The fraction of sp³-hybridized carbons (Fsp3) is 0.143. The van der Waals surface area contributed by atoms with Gasteiger partial charge >= 0.3 is 5.97 Å². The highest BCUT2D eigenvalue weighted by molar-refractivity contribution is 9.10. The van der Waals surface area contributed by atoms with Crippen molar-refractivity contribution in [3.8, 4) is 0 Å². The molecule has 21 heavy (non-hydrogen) atoms. The number of nitrogens with zero attached hydrogens (tertiary/aromatic N) is 1. The molecule has 0 saturated heterocycles. The summed E-state index contributed by atoms with van der Waals surface area (Å²) >= 11 is 9.22. The Balaban J connectivity index is 2.08. The van der Waals surface area contributed by atoms with E-state index >= 15 is 0 Å². The zero-order valence-electron chi connectivity index (χ0n) is 11.0. The molecule has 4 nitrogen and oxygen atoms in total. The molecule has 0 fully saturated rings. The van der Waals surface area contributed by atoms with Gasteiger partial charge in [-0.25, -0.2) is 9.18 Å². The average Bonchev–Trinajstić information content (AvgIpc) is 2.46. The normalized spacial score (nSPS) is 10.3. The number of benzene rings is 1. The SMILES string of the molecule is COC(=O)c1ccc(CNc2c(Cl)cc(F)cc2Br)nc1. The van der Waals surface area contributed by atoms with Crippen molar-refractivity contribution >= 4 is 39.2 Å². The van der Waals surface area contributed by atoms with E-state index in [2.05, 4.69) is 31.0 Å². The first kappa shape index (κ1) is 15.7. The van der Waals surface area contributed by atoms with Gasteiger partial charge in [0.1, 0.15) is 5.82 Å². The van der Waals surface area contributed by atoms with Crippen LogP contribution in [0.4, 0.5) is 10.1 Å². The van der Waals surface area contributed by atoms with E-state index in [0.29, 0.717) is 28.0 Å². The molecule has 1 N–H and O–H groups in total. The lowest BCUT2D eigenvalue weighted by molar-refractivity contribution is 0.0600. The fourth-order valence-corrected chi connectivity index (χ4v) is 2.62. The third-order valence-corrected chi connectivity index (χ3v) is 3.62. The molecule has 2 rings (SSSR count). The summed E-state index contributed by atoms with van der Waals surface area (Å²) in [6.07, 6.45) is 1.43. The number of rotatable bonds is 4. The monoisotopic (exact) mass is 372 g/mol. The Morgan fingerprint density at radius 1 is 1.48 bits per heavy atom. The number of methoxy groups -OCH3 is 1. The Labute approximate surface area is 134 Å². The molecule has 2 aromatic rings. The molecule has 1 aromatic heterocycles. The van der Waals surface area contributed by atoms with Crippen LogP contribution in [0.15, 0.2) is 34.9 Å². The van der Waals surface area contributed by atoms with Crippen LogP contribution in [0, 0.1) is 5.82 Å². The number of carbonyl (C=O) groups is 1. The standard InChI is InChI=1S/C14H11BrClFN2O2/c1-21-14(20)8-2-3-10(18-6-8)7-19-13-11(15)4-9(17)5-12(13)16/h2-6,19H,7H2,1H3. The van der Waals surface area contributed by atoms with Crippen LogP contribution < -0.4 is 5.32 Å². The minimum Gasteiger partial charge on any atom is -0.465 e. The topological polar surface area (TPSA) is 51.2 Å². The van der Waals surface area contributed by atoms with Crippen molar-refractivity contribution in [1.29, 1.82) is 0 Å². The predicted molar refractivity (Wildman–Crippen MR) is 82.0 cm³/mol. The van der Waals surface area contributed by atoms with E-state index in [9.17, 15) is 9.18 Å². The Morgan fingerprint density at radius 2 is 2.24 bits per heavy atom. The quantitative estimate of drug-likeness (QED) is 0.822. The third kappa shape index (κ3) is 3.92. The van der Waals surface area contributed by atoms with Crippen LogP contribution in [-0.2, 0) is 11.3 Å². The zero-order chi connectivity index (χ0) is 15.4. The molecule has 1 aromatic carbocycles. The van der Waals surface area contributed by atoms with Crippen LogP contribution in [0.2, 0.25) is 5.02 Å². The molecule has 1 heterocycles.